The highest BCUT2D eigenvalue weighted by molar-refractivity contribution is 7.71. The van der Waals surface area contributed by atoms with Crippen molar-refractivity contribution >= 4 is 41.7 Å². The third-order valence-corrected chi connectivity index (χ3v) is 5.18. The highest BCUT2D eigenvalue weighted by Crippen LogP contribution is 2.23. The lowest BCUT2D eigenvalue weighted by molar-refractivity contribution is -0.384. The van der Waals surface area contributed by atoms with Crippen LogP contribution in [0.25, 0.3) is 17.1 Å². The highest BCUT2D eigenvalue weighted by atomic mass is 35.5. The second-order valence-corrected chi connectivity index (χ2v) is 7.85. The SMILES string of the molecule is Cc1cccc(/C=N/Nc2nc(-c3ccc([N+](=O)[O-])cc3)nc(=S)n2-c2ccc(Cl)cc2)c1. The van der Waals surface area contributed by atoms with Crippen molar-refractivity contribution in [1.82, 2.24) is 14.5 Å². The topological polar surface area (TPSA) is 98.2 Å². The van der Waals surface area contributed by atoms with E-state index >= 15 is 0 Å². The number of nitro groups is 1. The molecule has 1 heterocycles. The van der Waals surface area contributed by atoms with Gasteiger partial charge >= 0.3 is 0 Å². The Morgan fingerprint density at radius 2 is 1.82 bits per heavy atom. The van der Waals surface area contributed by atoms with Gasteiger partial charge in [-0.05, 0) is 61.1 Å². The Kier molecular flexibility index (Phi) is 6.53. The molecule has 0 amide bonds. The van der Waals surface area contributed by atoms with E-state index in [1.54, 1.807) is 47.2 Å². The monoisotopic (exact) mass is 476 g/mol. The zero-order valence-corrected chi connectivity index (χ0v) is 18.9. The fourth-order valence-corrected chi connectivity index (χ4v) is 3.49. The molecule has 0 saturated carbocycles. The van der Waals surface area contributed by atoms with Crippen LogP contribution in [0.2, 0.25) is 5.02 Å². The van der Waals surface area contributed by atoms with Crippen molar-refractivity contribution in [3.8, 4) is 17.1 Å². The predicted molar refractivity (Wildman–Crippen MR) is 132 cm³/mol. The van der Waals surface area contributed by atoms with E-state index in [9.17, 15) is 10.1 Å². The molecular weight excluding hydrogens is 460 g/mol. The molecule has 3 aromatic carbocycles. The molecule has 0 spiro atoms. The molecule has 0 fully saturated rings. The Morgan fingerprint density at radius 1 is 1.09 bits per heavy atom. The Bertz CT molecular complexity index is 1400. The average Bonchev–Trinajstić information content (AvgIpc) is 2.80. The minimum absolute atomic E-state index is 0.0226. The summed E-state index contributed by atoms with van der Waals surface area (Å²) in [6, 6.07) is 20.9. The van der Waals surface area contributed by atoms with Crippen LogP contribution in [0.5, 0.6) is 0 Å². The van der Waals surface area contributed by atoms with Crippen LogP contribution in [0.1, 0.15) is 11.1 Å². The van der Waals surface area contributed by atoms with Gasteiger partial charge in [0, 0.05) is 22.7 Å². The number of nitro benzene ring substituents is 1. The molecule has 0 aliphatic heterocycles. The molecule has 164 valence electrons. The smallest absolute Gasteiger partial charge is 0.258 e. The van der Waals surface area contributed by atoms with Gasteiger partial charge in [-0.1, -0.05) is 41.4 Å². The Balaban J connectivity index is 1.76. The molecule has 8 nitrogen and oxygen atoms in total. The molecule has 0 radical (unpaired) electrons. The Morgan fingerprint density at radius 3 is 2.48 bits per heavy atom. The molecule has 1 N–H and O–H groups in total. The number of aromatic nitrogens is 3. The minimum Gasteiger partial charge on any atom is -0.258 e. The number of anilines is 1. The molecule has 0 bridgehead atoms. The summed E-state index contributed by atoms with van der Waals surface area (Å²) in [6.45, 7) is 2.00. The van der Waals surface area contributed by atoms with Gasteiger partial charge in [-0.2, -0.15) is 15.1 Å². The number of non-ortho nitro benzene ring substituents is 1. The molecule has 0 unspecified atom stereocenters. The van der Waals surface area contributed by atoms with Gasteiger partial charge in [0.2, 0.25) is 10.7 Å². The second kappa shape index (κ2) is 9.68. The summed E-state index contributed by atoms with van der Waals surface area (Å²) in [6.07, 6.45) is 1.68. The first-order chi connectivity index (χ1) is 15.9. The number of rotatable bonds is 6. The number of hydrazone groups is 1. The average molecular weight is 477 g/mol. The van der Waals surface area contributed by atoms with Gasteiger partial charge in [-0.25, -0.2) is 5.43 Å². The quantitative estimate of drug-likeness (QED) is 0.159. The number of benzene rings is 3. The molecule has 0 aliphatic rings. The maximum absolute atomic E-state index is 11.0. The third-order valence-electron chi connectivity index (χ3n) is 4.66. The number of hydrogen-bond acceptors (Lipinski definition) is 7. The van der Waals surface area contributed by atoms with Gasteiger partial charge in [0.1, 0.15) is 0 Å². The van der Waals surface area contributed by atoms with Crippen molar-refractivity contribution in [2.75, 3.05) is 5.43 Å². The Hall–Kier alpha value is -3.95. The highest BCUT2D eigenvalue weighted by Gasteiger charge is 2.13. The van der Waals surface area contributed by atoms with Crippen LogP contribution in [0, 0.1) is 21.8 Å². The molecule has 4 rings (SSSR count). The fraction of sp³-hybridized carbons (Fsp3) is 0.0435. The molecule has 0 aliphatic carbocycles. The molecule has 0 saturated heterocycles. The summed E-state index contributed by atoms with van der Waals surface area (Å²) < 4.78 is 1.86. The van der Waals surface area contributed by atoms with E-state index in [0.29, 0.717) is 28.0 Å². The summed E-state index contributed by atoms with van der Waals surface area (Å²) in [4.78, 5) is 19.5. The number of nitrogens with one attached hydrogen (secondary N) is 1. The van der Waals surface area contributed by atoms with Crippen molar-refractivity contribution in [3.05, 3.63) is 104 Å². The molecular formula is C23H17ClN6O2S. The molecule has 33 heavy (non-hydrogen) atoms. The van der Waals surface area contributed by atoms with Gasteiger partial charge in [-0.3, -0.25) is 14.7 Å². The van der Waals surface area contributed by atoms with Gasteiger partial charge in [0.15, 0.2) is 5.82 Å². The first kappa shape index (κ1) is 22.3. The lowest BCUT2D eigenvalue weighted by Crippen LogP contribution is -2.10. The van der Waals surface area contributed by atoms with E-state index in [2.05, 4.69) is 20.5 Å². The van der Waals surface area contributed by atoms with Crippen LogP contribution >= 0.6 is 23.8 Å². The van der Waals surface area contributed by atoms with Gasteiger partial charge < -0.3 is 0 Å². The molecule has 0 atom stereocenters. The lowest BCUT2D eigenvalue weighted by Gasteiger charge is -2.13. The van der Waals surface area contributed by atoms with E-state index < -0.39 is 4.92 Å². The van der Waals surface area contributed by atoms with Crippen LogP contribution in [0.15, 0.2) is 77.9 Å². The number of hydrogen-bond donors (Lipinski definition) is 1. The van der Waals surface area contributed by atoms with Crippen LogP contribution in [-0.2, 0) is 0 Å². The van der Waals surface area contributed by atoms with Crippen molar-refractivity contribution in [2.45, 2.75) is 6.92 Å². The van der Waals surface area contributed by atoms with Crippen molar-refractivity contribution in [3.63, 3.8) is 0 Å². The predicted octanol–water partition coefficient (Wildman–Crippen LogP) is 5.98. The summed E-state index contributed by atoms with van der Waals surface area (Å²) in [5.41, 5.74) is 6.25. The molecule has 10 heteroatoms. The zero-order valence-electron chi connectivity index (χ0n) is 17.3. The maximum atomic E-state index is 11.0. The van der Waals surface area contributed by atoms with Gasteiger partial charge in [0.25, 0.3) is 5.69 Å². The zero-order chi connectivity index (χ0) is 23.4. The summed E-state index contributed by atoms with van der Waals surface area (Å²) >= 11 is 11.6. The van der Waals surface area contributed by atoms with Crippen molar-refractivity contribution in [1.29, 1.82) is 0 Å². The lowest BCUT2D eigenvalue weighted by atomic mass is 10.2. The third kappa shape index (κ3) is 5.28. The largest absolute Gasteiger partial charge is 0.269 e. The fourth-order valence-electron chi connectivity index (χ4n) is 3.08. The first-order valence-electron chi connectivity index (χ1n) is 9.78. The summed E-state index contributed by atoms with van der Waals surface area (Å²) in [5.74, 6) is 0.642. The van der Waals surface area contributed by atoms with Gasteiger partial charge in [0.05, 0.1) is 16.8 Å². The van der Waals surface area contributed by atoms with Crippen LogP contribution in [0.4, 0.5) is 11.6 Å². The van der Waals surface area contributed by atoms with Crippen molar-refractivity contribution < 1.29 is 4.92 Å². The van der Waals surface area contributed by atoms with Crippen molar-refractivity contribution in [2.24, 2.45) is 5.10 Å². The van der Waals surface area contributed by atoms with E-state index in [0.717, 1.165) is 11.1 Å². The second-order valence-electron chi connectivity index (χ2n) is 7.05. The van der Waals surface area contributed by atoms with Crippen LogP contribution in [-0.4, -0.2) is 25.7 Å². The van der Waals surface area contributed by atoms with Crippen LogP contribution in [0.3, 0.4) is 0 Å². The molecule has 4 aromatic rings. The number of nitrogens with zero attached hydrogens (tertiary/aromatic N) is 5. The minimum atomic E-state index is -0.463. The molecule has 1 aromatic heterocycles. The maximum Gasteiger partial charge on any atom is 0.269 e. The van der Waals surface area contributed by atoms with E-state index in [1.807, 2.05) is 31.2 Å². The Labute approximate surface area is 199 Å². The van der Waals surface area contributed by atoms with E-state index in [-0.39, 0.29) is 10.5 Å². The van der Waals surface area contributed by atoms with Crippen LogP contribution < -0.4 is 5.43 Å². The number of halogens is 1. The standard InChI is InChI=1S/C23H17ClN6O2S/c1-15-3-2-4-16(13-15)14-25-28-22-26-21(17-5-9-20(10-6-17)30(31)32)27-23(33)29(22)19-11-7-18(24)8-12-19/h2-14H,1H3,(H,26,27,28,33)/b25-14+. The van der Waals surface area contributed by atoms with E-state index in [1.165, 1.54) is 12.1 Å². The van der Waals surface area contributed by atoms with Gasteiger partial charge in [-0.15, -0.1) is 0 Å². The first-order valence-corrected chi connectivity index (χ1v) is 10.6. The van der Waals surface area contributed by atoms with E-state index in [4.69, 9.17) is 23.8 Å². The normalized spacial score (nSPS) is 11.0. The summed E-state index contributed by atoms with van der Waals surface area (Å²) in [5, 5.41) is 15.9. The summed E-state index contributed by atoms with van der Waals surface area (Å²) in [7, 11) is 0. The number of aryl methyl sites for hydroxylation is 1.